The standard InChI is InChI=1S/C32H33FN4O5/c33-25-17-36(15-19-1-5-27-21(13-19)2-6-26(34-27)20-9-11-41-12-10-20)18-29(25)42-23-3-4-24-22(14-23)16-37(32(24)40)28-7-8-30(38)35-31(28)39/h1-6,13-14,20,25,28-29H,7-12,15-18H2,(H,35,38,39)/t25-,28?,29-/m1/s1. The van der Waals surface area contributed by atoms with Gasteiger partial charge in [-0.05, 0) is 66.8 Å². The molecule has 218 valence electrons. The molecule has 5 heterocycles. The summed E-state index contributed by atoms with van der Waals surface area (Å²) in [5.74, 6) is -0.0659. The number of fused-ring (bicyclic) bond motifs is 2. The van der Waals surface area contributed by atoms with E-state index in [-0.39, 0.29) is 31.3 Å². The van der Waals surface area contributed by atoms with Gasteiger partial charge in [-0.2, -0.15) is 0 Å². The Bertz CT molecular complexity index is 1560. The Labute approximate surface area is 243 Å². The predicted molar refractivity (Wildman–Crippen MR) is 152 cm³/mol. The molecule has 0 spiro atoms. The molecule has 0 saturated carbocycles. The van der Waals surface area contributed by atoms with Gasteiger partial charge >= 0.3 is 0 Å². The van der Waals surface area contributed by atoms with Gasteiger partial charge in [0.1, 0.15) is 17.9 Å². The number of likely N-dealkylation sites (tertiary alicyclic amines) is 1. The Balaban J connectivity index is 0.982. The Morgan fingerprint density at radius 2 is 1.86 bits per heavy atom. The van der Waals surface area contributed by atoms with Gasteiger partial charge in [-0.15, -0.1) is 0 Å². The number of benzene rings is 2. The van der Waals surface area contributed by atoms with Crippen molar-refractivity contribution >= 4 is 28.6 Å². The summed E-state index contributed by atoms with van der Waals surface area (Å²) in [6.45, 7) is 3.15. The molecule has 4 aliphatic rings. The van der Waals surface area contributed by atoms with Crippen LogP contribution >= 0.6 is 0 Å². The second-order valence-corrected chi connectivity index (χ2v) is 11.7. The number of amides is 3. The van der Waals surface area contributed by atoms with Crippen molar-refractivity contribution in [2.45, 2.75) is 63.0 Å². The first-order valence-corrected chi connectivity index (χ1v) is 14.7. The number of ether oxygens (including phenoxy) is 2. The minimum absolute atomic E-state index is 0.203. The molecule has 0 radical (unpaired) electrons. The van der Waals surface area contributed by atoms with Crippen molar-refractivity contribution in [3.05, 3.63) is 70.9 Å². The van der Waals surface area contributed by atoms with Crippen LogP contribution in [0.2, 0.25) is 0 Å². The summed E-state index contributed by atoms with van der Waals surface area (Å²) in [4.78, 5) is 45.3. The van der Waals surface area contributed by atoms with Gasteiger partial charge in [0.15, 0.2) is 6.17 Å². The highest BCUT2D eigenvalue weighted by Crippen LogP contribution is 2.32. The van der Waals surface area contributed by atoms with Gasteiger partial charge in [-0.3, -0.25) is 29.6 Å². The van der Waals surface area contributed by atoms with Crippen LogP contribution in [0.25, 0.3) is 10.9 Å². The van der Waals surface area contributed by atoms with Gasteiger partial charge in [0.2, 0.25) is 11.8 Å². The lowest BCUT2D eigenvalue weighted by molar-refractivity contribution is -0.136. The van der Waals surface area contributed by atoms with Gasteiger partial charge in [0, 0.05) is 68.4 Å². The Morgan fingerprint density at radius 3 is 2.69 bits per heavy atom. The van der Waals surface area contributed by atoms with Crippen LogP contribution in [0.4, 0.5) is 4.39 Å². The van der Waals surface area contributed by atoms with Crippen LogP contribution < -0.4 is 10.1 Å². The van der Waals surface area contributed by atoms with Crippen molar-refractivity contribution in [1.82, 2.24) is 20.1 Å². The highest BCUT2D eigenvalue weighted by Gasteiger charge is 2.40. The molecular weight excluding hydrogens is 539 g/mol. The molecule has 1 unspecified atom stereocenters. The van der Waals surface area contributed by atoms with Crippen molar-refractivity contribution < 1.29 is 28.2 Å². The number of hydrogen-bond acceptors (Lipinski definition) is 7. The summed E-state index contributed by atoms with van der Waals surface area (Å²) in [5, 5.41) is 3.39. The molecule has 9 nitrogen and oxygen atoms in total. The maximum atomic E-state index is 15.1. The molecule has 3 aromatic rings. The van der Waals surface area contributed by atoms with E-state index < -0.39 is 24.2 Å². The first-order chi connectivity index (χ1) is 20.4. The highest BCUT2D eigenvalue weighted by atomic mass is 19.1. The number of carbonyl (C=O) groups is 3. The number of nitrogens with one attached hydrogen (secondary N) is 1. The lowest BCUT2D eigenvalue weighted by Gasteiger charge is -2.29. The van der Waals surface area contributed by atoms with Crippen LogP contribution in [0.5, 0.6) is 5.75 Å². The Morgan fingerprint density at radius 1 is 1.00 bits per heavy atom. The first kappa shape index (κ1) is 27.0. The monoisotopic (exact) mass is 572 g/mol. The van der Waals surface area contributed by atoms with Gasteiger partial charge < -0.3 is 14.4 Å². The van der Waals surface area contributed by atoms with E-state index in [1.807, 2.05) is 0 Å². The average molecular weight is 573 g/mol. The quantitative estimate of drug-likeness (QED) is 0.452. The lowest BCUT2D eigenvalue weighted by Crippen LogP contribution is -2.52. The first-order valence-electron chi connectivity index (χ1n) is 14.7. The van der Waals surface area contributed by atoms with Crippen molar-refractivity contribution in [2.75, 3.05) is 26.3 Å². The highest BCUT2D eigenvalue weighted by molar-refractivity contribution is 6.05. The van der Waals surface area contributed by atoms with Crippen LogP contribution in [0.3, 0.4) is 0 Å². The zero-order valence-corrected chi connectivity index (χ0v) is 23.3. The fraction of sp³-hybridized carbons (Fsp3) is 0.438. The van der Waals surface area contributed by atoms with Gasteiger partial charge in [0.05, 0.1) is 5.52 Å². The fourth-order valence-corrected chi connectivity index (χ4v) is 6.61. The third-order valence-electron chi connectivity index (χ3n) is 8.88. The van der Waals surface area contributed by atoms with Crippen LogP contribution in [-0.2, 0) is 27.4 Å². The number of nitrogens with zero attached hydrogens (tertiary/aromatic N) is 3. The number of halogens is 1. The van der Waals surface area contributed by atoms with Crippen LogP contribution in [0.15, 0.2) is 48.5 Å². The van der Waals surface area contributed by atoms with Crippen LogP contribution in [0, 0.1) is 0 Å². The van der Waals surface area contributed by atoms with Crippen molar-refractivity contribution in [2.24, 2.45) is 0 Å². The Kier molecular flexibility index (Phi) is 7.11. The maximum Gasteiger partial charge on any atom is 0.255 e. The molecule has 0 aliphatic carbocycles. The summed E-state index contributed by atoms with van der Waals surface area (Å²) < 4.78 is 26.7. The van der Waals surface area contributed by atoms with E-state index in [2.05, 4.69) is 40.5 Å². The molecule has 4 aliphatic heterocycles. The van der Waals surface area contributed by atoms with Gasteiger partial charge in [-0.1, -0.05) is 12.1 Å². The Hall–Kier alpha value is -3.89. The molecule has 2 aromatic carbocycles. The van der Waals surface area contributed by atoms with Crippen molar-refractivity contribution in [1.29, 1.82) is 0 Å². The number of piperidine rings is 1. The van der Waals surface area contributed by atoms with Gasteiger partial charge in [-0.25, -0.2) is 4.39 Å². The summed E-state index contributed by atoms with van der Waals surface area (Å²) in [6.07, 6.45) is 0.738. The van der Waals surface area contributed by atoms with Crippen molar-refractivity contribution in [3.8, 4) is 5.75 Å². The molecule has 7 rings (SSSR count). The average Bonchev–Trinajstić information content (AvgIpc) is 3.50. The van der Waals surface area contributed by atoms with E-state index in [4.69, 9.17) is 14.5 Å². The van der Waals surface area contributed by atoms with Gasteiger partial charge in [0.25, 0.3) is 5.91 Å². The fourth-order valence-electron chi connectivity index (χ4n) is 6.61. The second kappa shape index (κ2) is 11.1. The molecule has 1 aromatic heterocycles. The molecule has 0 bridgehead atoms. The normalized spacial score (nSPS) is 25.2. The second-order valence-electron chi connectivity index (χ2n) is 11.7. The zero-order chi connectivity index (χ0) is 28.8. The topological polar surface area (TPSA) is 101 Å². The minimum Gasteiger partial charge on any atom is -0.486 e. The summed E-state index contributed by atoms with van der Waals surface area (Å²) in [5.41, 5.74) is 4.43. The third-order valence-corrected chi connectivity index (χ3v) is 8.88. The SMILES string of the molecule is O=C1CCC(N2Cc3cc(O[C@@H]4CN(Cc5ccc6nc(C7CCOCC7)ccc6c5)C[C@H]4F)ccc3C2=O)C(=O)N1. The van der Waals surface area contributed by atoms with E-state index >= 15 is 4.39 Å². The number of pyridine rings is 1. The number of hydrogen-bond donors (Lipinski definition) is 1. The van der Waals surface area contributed by atoms with E-state index in [0.29, 0.717) is 36.7 Å². The smallest absolute Gasteiger partial charge is 0.255 e. The van der Waals surface area contributed by atoms with Crippen molar-refractivity contribution in [3.63, 3.8) is 0 Å². The minimum atomic E-state index is -1.15. The predicted octanol–water partition coefficient (Wildman–Crippen LogP) is 3.49. The summed E-state index contributed by atoms with van der Waals surface area (Å²) >= 11 is 0. The molecule has 1 N–H and O–H groups in total. The third kappa shape index (κ3) is 5.25. The number of carbonyl (C=O) groups excluding carboxylic acids is 3. The van der Waals surface area contributed by atoms with E-state index in [1.165, 1.54) is 4.90 Å². The molecule has 10 heteroatoms. The van der Waals surface area contributed by atoms with E-state index in [9.17, 15) is 14.4 Å². The summed E-state index contributed by atoms with van der Waals surface area (Å²) in [7, 11) is 0. The maximum absolute atomic E-state index is 15.1. The number of rotatable bonds is 6. The zero-order valence-electron chi connectivity index (χ0n) is 23.3. The number of imide groups is 1. The summed E-state index contributed by atoms with van der Waals surface area (Å²) in [6, 6.07) is 14.9. The molecule has 3 atom stereocenters. The van der Waals surface area contributed by atoms with E-state index in [1.54, 1.807) is 18.2 Å². The van der Waals surface area contributed by atoms with E-state index in [0.717, 1.165) is 53.8 Å². The molecule has 3 saturated heterocycles. The van der Waals surface area contributed by atoms with Crippen LogP contribution in [0.1, 0.15) is 58.8 Å². The molecule has 42 heavy (non-hydrogen) atoms. The number of aromatic nitrogens is 1. The molecular formula is C32H33FN4O5. The largest absolute Gasteiger partial charge is 0.486 e. The number of alkyl halides is 1. The molecule has 3 amide bonds. The van der Waals surface area contributed by atoms with Crippen LogP contribution in [-0.4, -0.2) is 77.1 Å². The lowest BCUT2D eigenvalue weighted by atomic mass is 9.95. The molecule has 3 fully saturated rings.